The number of para-hydroxylation sites is 1. The number of aryl methyl sites for hydroxylation is 1. The van der Waals surface area contributed by atoms with Crippen molar-refractivity contribution in [1.29, 1.82) is 0 Å². The fourth-order valence-corrected chi connectivity index (χ4v) is 1.91. The van der Waals surface area contributed by atoms with Crippen LogP contribution >= 0.6 is 0 Å². The van der Waals surface area contributed by atoms with Crippen molar-refractivity contribution in [2.24, 2.45) is 7.05 Å². The molecule has 1 aromatic heterocycles. The molecule has 0 amide bonds. The van der Waals surface area contributed by atoms with E-state index in [1.807, 2.05) is 29.8 Å². The number of nitrogens with two attached hydrogens (primary N) is 1. The third-order valence-corrected chi connectivity index (χ3v) is 3.29. The Balaban J connectivity index is 2.16. The zero-order valence-corrected chi connectivity index (χ0v) is 11.3. The van der Waals surface area contributed by atoms with E-state index in [1.165, 1.54) is 0 Å². The van der Waals surface area contributed by atoms with Gasteiger partial charge in [0.2, 0.25) is 5.95 Å². The number of anilines is 2. The molecular weight excluding hydrogens is 226 g/mol. The van der Waals surface area contributed by atoms with Gasteiger partial charge in [-0.05, 0) is 25.7 Å². The number of hydrogen-bond acceptors (Lipinski definition) is 4. The summed E-state index contributed by atoms with van der Waals surface area (Å²) < 4.78 is 1.90. The molecule has 0 aliphatic heterocycles. The highest BCUT2D eigenvalue weighted by atomic mass is 15.1. The van der Waals surface area contributed by atoms with Crippen LogP contribution in [0.3, 0.4) is 0 Å². The summed E-state index contributed by atoms with van der Waals surface area (Å²) in [5.74, 6) is 0.546. The van der Waals surface area contributed by atoms with E-state index in [-0.39, 0.29) is 0 Å². The first-order chi connectivity index (χ1) is 8.63. The number of nitrogens with one attached hydrogen (secondary N) is 1. The fraction of sp³-hybridized carbons (Fsp3) is 0.462. The molecule has 0 aliphatic carbocycles. The van der Waals surface area contributed by atoms with E-state index in [4.69, 9.17) is 5.73 Å². The third kappa shape index (κ3) is 2.41. The molecule has 2 rings (SSSR count). The fourth-order valence-electron chi connectivity index (χ4n) is 1.91. The average molecular weight is 247 g/mol. The van der Waals surface area contributed by atoms with Gasteiger partial charge < -0.3 is 20.5 Å². The molecule has 0 aliphatic rings. The lowest BCUT2D eigenvalue weighted by atomic mass is 10.2. The van der Waals surface area contributed by atoms with Crippen molar-refractivity contribution in [1.82, 2.24) is 14.5 Å². The molecule has 0 saturated heterocycles. The van der Waals surface area contributed by atoms with Gasteiger partial charge in [-0.3, -0.25) is 0 Å². The van der Waals surface area contributed by atoms with Crippen molar-refractivity contribution in [2.75, 3.05) is 37.7 Å². The molecule has 0 atom stereocenters. The molecule has 0 fully saturated rings. The van der Waals surface area contributed by atoms with E-state index in [0.717, 1.165) is 36.4 Å². The smallest absolute Gasteiger partial charge is 0.201 e. The number of hydrogen-bond donors (Lipinski definition) is 2. The molecular formula is C13H21N5. The molecule has 0 spiro atoms. The second-order valence-electron chi connectivity index (χ2n) is 4.52. The molecule has 0 unspecified atom stereocenters. The van der Waals surface area contributed by atoms with Gasteiger partial charge in [-0.25, -0.2) is 4.98 Å². The highest BCUT2D eigenvalue weighted by Crippen LogP contribution is 2.23. The summed E-state index contributed by atoms with van der Waals surface area (Å²) >= 11 is 0. The largest absolute Gasteiger partial charge is 0.382 e. The number of imidazole rings is 1. The Morgan fingerprint density at radius 3 is 2.94 bits per heavy atom. The zero-order chi connectivity index (χ0) is 13.1. The van der Waals surface area contributed by atoms with Crippen LogP contribution in [-0.2, 0) is 7.05 Å². The summed E-state index contributed by atoms with van der Waals surface area (Å²) in [6.45, 7) is 5.12. The standard InChI is InChI=1S/C13H21N5/c1-4-17(2)9-8-15-10-6-5-7-11-12(10)16-13(14)18(11)3/h5-7,15H,4,8-9H2,1-3H3,(H2,14,16). The van der Waals surface area contributed by atoms with E-state index >= 15 is 0 Å². The van der Waals surface area contributed by atoms with Gasteiger partial charge in [0.15, 0.2) is 0 Å². The van der Waals surface area contributed by atoms with Crippen LogP contribution in [0.2, 0.25) is 0 Å². The highest BCUT2D eigenvalue weighted by Gasteiger charge is 2.08. The lowest BCUT2D eigenvalue weighted by Gasteiger charge is -2.14. The first-order valence-electron chi connectivity index (χ1n) is 6.26. The molecule has 5 heteroatoms. The van der Waals surface area contributed by atoms with Crippen LogP contribution in [0.1, 0.15) is 6.92 Å². The maximum Gasteiger partial charge on any atom is 0.201 e. The maximum atomic E-state index is 5.84. The summed E-state index contributed by atoms with van der Waals surface area (Å²) in [5.41, 5.74) is 8.88. The number of fused-ring (bicyclic) bond motifs is 1. The van der Waals surface area contributed by atoms with E-state index in [9.17, 15) is 0 Å². The van der Waals surface area contributed by atoms with Crippen LogP contribution in [0.4, 0.5) is 11.6 Å². The summed E-state index contributed by atoms with van der Waals surface area (Å²) in [4.78, 5) is 6.66. The van der Waals surface area contributed by atoms with E-state index in [2.05, 4.69) is 29.2 Å². The van der Waals surface area contributed by atoms with Gasteiger partial charge in [-0.15, -0.1) is 0 Å². The zero-order valence-electron chi connectivity index (χ0n) is 11.3. The minimum absolute atomic E-state index is 0.546. The Labute approximate surface area is 108 Å². The third-order valence-electron chi connectivity index (χ3n) is 3.29. The molecule has 0 saturated carbocycles. The van der Waals surface area contributed by atoms with Crippen molar-refractivity contribution in [3.63, 3.8) is 0 Å². The molecule has 2 aromatic rings. The number of rotatable bonds is 5. The highest BCUT2D eigenvalue weighted by molar-refractivity contribution is 5.90. The van der Waals surface area contributed by atoms with Crippen molar-refractivity contribution in [3.05, 3.63) is 18.2 Å². The van der Waals surface area contributed by atoms with Gasteiger partial charge in [0.25, 0.3) is 0 Å². The van der Waals surface area contributed by atoms with Gasteiger partial charge in [0.1, 0.15) is 5.52 Å². The molecule has 18 heavy (non-hydrogen) atoms. The van der Waals surface area contributed by atoms with Gasteiger partial charge >= 0.3 is 0 Å². The monoisotopic (exact) mass is 247 g/mol. The summed E-state index contributed by atoms with van der Waals surface area (Å²) in [6.07, 6.45) is 0. The lowest BCUT2D eigenvalue weighted by molar-refractivity contribution is 0.367. The van der Waals surface area contributed by atoms with E-state index in [0.29, 0.717) is 5.95 Å². The molecule has 3 N–H and O–H groups in total. The van der Waals surface area contributed by atoms with Gasteiger partial charge in [-0.2, -0.15) is 0 Å². The Bertz CT molecular complexity index is 531. The van der Waals surface area contributed by atoms with Crippen LogP contribution in [0.15, 0.2) is 18.2 Å². The molecule has 5 nitrogen and oxygen atoms in total. The van der Waals surface area contributed by atoms with Crippen molar-refractivity contribution in [2.45, 2.75) is 6.92 Å². The number of nitrogen functional groups attached to an aromatic ring is 1. The predicted molar refractivity (Wildman–Crippen MR) is 76.8 cm³/mol. The number of likely N-dealkylation sites (N-methyl/N-ethyl adjacent to an activating group) is 1. The maximum absolute atomic E-state index is 5.84. The predicted octanol–water partition coefficient (Wildman–Crippen LogP) is 1.52. The minimum Gasteiger partial charge on any atom is -0.382 e. The Hall–Kier alpha value is -1.75. The van der Waals surface area contributed by atoms with Crippen LogP contribution in [0.5, 0.6) is 0 Å². The SMILES string of the molecule is CCN(C)CCNc1cccc2c1nc(N)n2C. The first-order valence-corrected chi connectivity index (χ1v) is 6.26. The van der Waals surface area contributed by atoms with Crippen LogP contribution < -0.4 is 11.1 Å². The quantitative estimate of drug-likeness (QED) is 0.841. The van der Waals surface area contributed by atoms with Crippen molar-refractivity contribution >= 4 is 22.7 Å². The topological polar surface area (TPSA) is 59.1 Å². The van der Waals surface area contributed by atoms with Crippen molar-refractivity contribution < 1.29 is 0 Å². The van der Waals surface area contributed by atoms with Crippen LogP contribution in [0, 0.1) is 0 Å². The van der Waals surface area contributed by atoms with E-state index < -0.39 is 0 Å². The molecule has 1 aromatic carbocycles. The molecule has 98 valence electrons. The summed E-state index contributed by atoms with van der Waals surface area (Å²) in [7, 11) is 4.04. The first kappa shape index (κ1) is 12.7. The van der Waals surface area contributed by atoms with E-state index in [1.54, 1.807) is 0 Å². The number of benzene rings is 1. The Kier molecular flexibility index (Phi) is 3.72. The van der Waals surface area contributed by atoms with Crippen LogP contribution in [0.25, 0.3) is 11.0 Å². The number of aromatic nitrogens is 2. The summed E-state index contributed by atoms with van der Waals surface area (Å²) in [5, 5.41) is 3.42. The van der Waals surface area contributed by atoms with Gasteiger partial charge in [0, 0.05) is 20.1 Å². The average Bonchev–Trinajstić information content (AvgIpc) is 2.66. The molecule has 1 heterocycles. The second kappa shape index (κ2) is 5.27. The normalized spacial score (nSPS) is 11.3. The lowest BCUT2D eigenvalue weighted by Crippen LogP contribution is -2.24. The van der Waals surface area contributed by atoms with Gasteiger partial charge in [0.05, 0.1) is 11.2 Å². The van der Waals surface area contributed by atoms with Crippen molar-refractivity contribution in [3.8, 4) is 0 Å². The van der Waals surface area contributed by atoms with Gasteiger partial charge in [-0.1, -0.05) is 13.0 Å². The molecule has 0 radical (unpaired) electrons. The minimum atomic E-state index is 0.546. The summed E-state index contributed by atoms with van der Waals surface area (Å²) in [6, 6.07) is 6.10. The number of nitrogens with zero attached hydrogens (tertiary/aromatic N) is 3. The second-order valence-corrected chi connectivity index (χ2v) is 4.52. The Morgan fingerprint density at radius 2 is 2.22 bits per heavy atom. The van der Waals surface area contributed by atoms with Crippen LogP contribution in [-0.4, -0.2) is 41.1 Å². The Morgan fingerprint density at radius 1 is 1.44 bits per heavy atom. The molecule has 0 bridgehead atoms.